The third-order valence-corrected chi connectivity index (χ3v) is 5.76. The molecule has 0 spiro atoms. The zero-order chi connectivity index (χ0) is 21.1. The molecule has 2 aromatic heterocycles. The number of fused-ring (bicyclic) bond motifs is 1. The Kier molecular flexibility index (Phi) is 5.77. The third-order valence-electron chi connectivity index (χ3n) is 4.51. The lowest BCUT2D eigenvalue weighted by molar-refractivity contribution is -0.116. The maximum absolute atomic E-state index is 12.5. The molecule has 2 aromatic carbocycles. The highest BCUT2D eigenvalue weighted by molar-refractivity contribution is 7.71. The van der Waals surface area contributed by atoms with Crippen molar-refractivity contribution in [1.82, 2.24) is 19.7 Å². The predicted octanol–water partition coefficient (Wildman–Crippen LogP) is 4.26. The maximum Gasteiger partial charge on any atom is 0.227 e. The number of anilines is 1. The monoisotopic (exact) mass is 441 g/mol. The number of rotatable bonds is 7. The van der Waals surface area contributed by atoms with Crippen LogP contribution in [0, 0.1) is 4.77 Å². The topological polar surface area (TPSA) is 94.1 Å². The molecule has 30 heavy (non-hydrogen) atoms. The van der Waals surface area contributed by atoms with E-state index < -0.39 is 0 Å². The Morgan fingerprint density at radius 3 is 2.63 bits per heavy atom. The van der Waals surface area contributed by atoms with Gasteiger partial charge in [0.25, 0.3) is 0 Å². The lowest BCUT2D eigenvalue weighted by Gasteiger charge is -2.07. The number of H-pyrrole nitrogens is 1. The van der Waals surface area contributed by atoms with Crippen molar-refractivity contribution in [3.8, 4) is 22.9 Å². The zero-order valence-corrected chi connectivity index (χ0v) is 18.0. The highest BCUT2D eigenvalue weighted by Gasteiger charge is 2.13. The molecule has 154 valence electrons. The fourth-order valence-corrected chi connectivity index (χ4v) is 4.10. The highest BCUT2D eigenvalue weighted by Crippen LogP contribution is 2.29. The molecule has 0 radical (unpaired) electrons. The minimum atomic E-state index is -0.148. The Bertz CT molecular complexity index is 1240. The van der Waals surface area contributed by atoms with E-state index in [-0.39, 0.29) is 12.3 Å². The van der Waals surface area contributed by atoms with Gasteiger partial charge in [0, 0.05) is 18.5 Å². The maximum atomic E-state index is 12.5. The molecule has 0 saturated heterocycles. The molecule has 0 saturated carbocycles. The molecule has 1 amide bonds. The summed E-state index contributed by atoms with van der Waals surface area (Å²) in [5.74, 6) is 2.03. The molecule has 4 aromatic rings. The number of ether oxygens (including phenoxy) is 2. The number of carbonyl (C=O) groups is 1. The van der Waals surface area contributed by atoms with Crippen molar-refractivity contribution in [3.05, 3.63) is 47.2 Å². The van der Waals surface area contributed by atoms with Gasteiger partial charge in [-0.25, -0.2) is 4.98 Å². The molecule has 2 heterocycles. The van der Waals surface area contributed by atoms with Gasteiger partial charge < -0.3 is 14.8 Å². The van der Waals surface area contributed by atoms with E-state index in [0.717, 1.165) is 27.3 Å². The van der Waals surface area contributed by atoms with Gasteiger partial charge in [-0.15, -0.1) is 0 Å². The number of amides is 1. The van der Waals surface area contributed by atoms with Crippen LogP contribution in [0.2, 0.25) is 0 Å². The van der Waals surface area contributed by atoms with Crippen molar-refractivity contribution in [2.75, 3.05) is 19.5 Å². The summed E-state index contributed by atoms with van der Waals surface area (Å²) in [4.78, 5) is 16.9. The lowest BCUT2D eigenvalue weighted by Crippen LogP contribution is -2.15. The molecule has 0 aliphatic rings. The molecule has 2 N–H and O–H groups in total. The average molecular weight is 442 g/mol. The van der Waals surface area contributed by atoms with Crippen LogP contribution < -0.4 is 14.8 Å². The number of aromatic amines is 1. The van der Waals surface area contributed by atoms with Gasteiger partial charge in [-0.05, 0) is 54.7 Å². The van der Waals surface area contributed by atoms with E-state index in [9.17, 15) is 4.79 Å². The first-order valence-corrected chi connectivity index (χ1v) is 10.3. The van der Waals surface area contributed by atoms with Crippen molar-refractivity contribution >= 4 is 44.8 Å². The molecular weight excluding hydrogens is 422 g/mol. The summed E-state index contributed by atoms with van der Waals surface area (Å²) in [5, 5.41) is 10.5. The standard InChI is InChI=1S/C20H19N5O3S2/c1-27-13-5-3-12(4-6-13)18-23-24-20(29)25(18)10-9-17(26)22-19-21-15-8-7-14(28-2)11-16(15)30-19/h3-8,11H,9-10H2,1-2H3,(H,24,29)(H,21,22,26). The predicted molar refractivity (Wildman–Crippen MR) is 119 cm³/mol. The number of methoxy groups -OCH3 is 2. The van der Waals surface area contributed by atoms with Gasteiger partial charge in [-0.1, -0.05) is 11.3 Å². The number of nitrogens with zero attached hydrogens (tertiary/aromatic N) is 3. The Morgan fingerprint density at radius 2 is 1.90 bits per heavy atom. The normalized spacial score (nSPS) is 10.9. The van der Waals surface area contributed by atoms with E-state index in [2.05, 4.69) is 20.5 Å². The minimum absolute atomic E-state index is 0.148. The first-order chi connectivity index (χ1) is 14.6. The number of carbonyl (C=O) groups excluding carboxylic acids is 1. The Hall–Kier alpha value is -3.24. The van der Waals surface area contributed by atoms with Gasteiger partial charge in [0.15, 0.2) is 15.7 Å². The highest BCUT2D eigenvalue weighted by atomic mass is 32.1. The molecule has 0 fully saturated rings. The number of hydrogen-bond donors (Lipinski definition) is 2. The van der Waals surface area contributed by atoms with Crippen LogP contribution in [-0.4, -0.2) is 39.9 Å². The van der Waals surface area contributed by atoms with Gasteiger partial charge in [-0.3, -0.25) is 14.5 Å². The average Bonchev–Trinajstić information content (AvgIpc) is 3.34. The summed E-state index contributed by atoms with van der Waals surface area (Å²) >= 11 is 6.74. The number of benzene rings is 2. The van der Waals surface area contributed by atoms with Crippen LogP contribution in [0.15, 0.2) is 42.5 Å². The molecule has 8 nitrogen and oxygen atoms in total. The summed E-state index contributed by atoms with van der Waals surface area (Å²) < 4.78 is 13.6. The molecule has 0 atom stereocenters. The van der Waals surface area contributed by atoms with Crippen LogP contribution in [0.5, 0.6) is 11.5 Å². The largest absolute Gasteiger partial charge is 0.497 e. The van der Waals surface area contributed by atoms with E-state index in [1.54, 1.807) is 18.8 Å². The van der Waals surface area contributed by atoms with E-state index in [1.165, 1.54) is 11.3 Å². The van der Waals surface area contributed by atoms with Gasteiger partial charge in [0.05, 0.1) is 24.4 Å². The molecule has 0 aliphatic heterocycles. The van der Waals surface area contributed by atoms with Crippen LogP contribution in [0.1, 0.15) is 6.42 Å². The summed E-state index contributed by atoms with van der Waals surface area (Å²) in [6.07, 6.45) is 0.232. The van der Waals surface area contributed by atoms with Crippen LogP contribution in [0.4, 0.5) is 5.13 Å². The van der Waals surface area contributed by atoms with Crippen LogP contribution >= 0.6 is 23.6 Å². The molecular formula is C20H19N5O3S2. The van der Waals surface area contributed by atoms with Gasteiger partial charge >= 0.3 is 0 Å². The molecule has 0 bridgehead atoms. The van der Waals surface area contributed by atoms with Crippen molar-refractivity contribution in [2.45, 2.75) is 13.0 Å². The fraction of sp³-hybridized carbons (Fsp3) is 0.200. The van der Waals surface area contributed by atoms with Gasteiger partial charge in [-0.2, -0.15) is 5.10 Å². The number of nitrogens with one attached hydrogen (secondary N) is 2. The molecule has 4 rings (SSSR count). The van der Waals surface area contributed by atoms with Crippen molar-refractivity contribution in [1.29, 1.82) is 0 Å². The van der Waals surface area contributed by atoms with Crippen LogP contribution in [0.3, 0.4) is 0 Å². The first-order valence-electron chi connectivity index (χ1n) is 9.11. The quantitative estimate of drug-likeness (QED) is 0.416. The fourth-order valence-electron chi connectivity index (χ4n) is 2.97. The lowest BCUT2D eigenvalue weighted by atomic mass is 10.2. The summed E-state index contributed by atoms with van der Waals surface area (Å²) in [7, 11) is 3.23. The smallest absolute Gasteiger partial charge is 0.227 e. The summed E-state index contributed by atoms with van der Waals surface area (Å²) in [6.45, 7) is 0.390. The van der Waals surface area contributed by atoms with E-state index in [0.29, 0.717) is 22.3 Å². The van der Waals surface area contributed by atoms with E-state index in [4.69, 9.17) is 21.7 Å². The number of hydrogen-bond acceptors (Lipinski definition) is 7. The second-order valence-electron chi connectivity index (χ2n) is 6.38. The first kappa shape index (κ1) is 20.0. The van der Waals surface area contributed by atoms with E-state index >= 15 is 0 Å². The van der Waals surface area contributed by atoms with Crippen molar-refractivity contribution in [2.24, 2.45) is 0 Å². The second-order valence-corrected chi connectivity index (χ2v) is 7.80. The second kappa shape index (κ2) is 8.64. The number of thiazole rings is 1. The minimum Gasteiger partial charge on any atom is -0.497 e. The van der Waals surface area contributed by atoms with Crippen molar-refractivity contribution < 1.29 is 14.3 Å². The van der Waals surface area contributed by atoms with E-state index in [1.807, 2.05) is 42.5 Å². The molecule has 0 aliphatic carbocycles. The molecule has 0 unspecified atom stereocenters. The molecule has 10 heteroatoms. The number of aromatic nitrogens is 4. The Morgan fingerprint density at radius 1 is 1.17 bits per heavy atom. The van der Waals surface area contributed by atoms with Crippen LogP contribution in [-0.2, 0) is 11.3 Å². The Balaban J connectivity index is 1.45. The van der Waals surface area contributed by atoms with Crippen molar-refractivity contribution in [3.63, 3.8) is 0 Å². The van der Waals surface area contributed by atoms with Gasteiger partial charge in [0.2, 0.25) is 5.91 Å². The third kappa shape index (κ3) is 4.19. The Labute approximate surface area is 181 Å². The SMILES string of the molecule is COc1ccc(-c2n[nH]c(=S)n2CCC(=O)Nc2nc3ccc(OC)cc3s2)cc1. The summed E-state index contributed by atoms with van der Waals surface area (Å²) in [6, 6.07) is 13.1. The van der Waals surface area contributed by atoms with Crippen LogP contribution in [0.25, 0.3) is 21.6 Å². The zero-order valence-electron chi connectivity index (χ0n) is 16.3. The summed E-state index contributed by atoms with van der Waals surface area (Å²) in [5.41, 5.74) is 1.69. The van der Waals surface area contributed by atoms with Gasteiger partial charge in [0.1, 0.15) is 11.5 Å².